The molecule has 188 valence electrons. The van der Waals surface area contributed by atoms with Gasteiger partial charge in [-0.1, -0.05) is 51.8 Å². The van der Waals surface area contributed by atoms with Crippen LogP contribution >= 0.6 is 15.9 Å². The molecule has 4 rings (SSSR count). The molecular weight excluding hydrogens is 550 g/mol. The highest BCUT2D eigenvalue weighted by atomic mass is 79.9. The lowest BCUT2D eigenvalue weighted by Crippen LogP contribution is -2.39. The van der Waals surface area contributed by atoms with Crippen molar-refractivity contribution in [3.63, 3.8) is 0 Å². The Morgan fingerprint density at radius 2 is 1.83 bits per heavy atom. The van der Waals surface area contributed by atoms with E-state index in [1.807, 2.05) is 6.92 Å². The zero-order valence-corrected chi connectivity index (χ0v) is 21.7. The molecule has 0 bridgehead atoms. The van der Waals surface area contributed by atoms with E-state index in [0.717, 1.165) is 5.56 Å². The molecule has 1 aliphatic rings. The number of sulfonamides is 1. The summed E-state index contributed by atoms with van der Waals surface area (Å²) in [5, 5.41) is 0. The van der Waals surface area contributed by atoms with Crippen LogP contribution in [0.3, 0.4) is 0 Å². The molecule has 2 atom stereocenters. The van der Waals surface area contributed by atoms with E-state index in [2.05, 4.69) is 20.9 Å². The van der Waals surface area contributed by atoms with Crippen LogP contribution in [0.1, 0.15) is 33.9 Å². The van der Waals surface area contributed by atoms with Crippen molar-refractivity contribution >= 4 is 38.0 Å². The minimum Gasteiger partial charge on any atom is -0.460 e. The van der Waals surface area contributed by atoms with Crippen LogP contribution in [0.2, 0.25) is 0 Å². The Kier molecular flexibility index (Phi) is 7.72. The number of nitrogens with zero attached hydrogens (tertiary/aromatic N) is 2. The first-order valence-electron chi connectivity index (χ1n) is 11.1. The lowest BCUT2D eigenvalue weighted by molar-refractivity contribution is 0.0441. The van der Waals surface area contributed by atoms with Gasteiger partial charge in [0.1, 0.15) is 6.61 Å². The summed E-state index contributed by atoms with van der Waals surface area (Å²) in [5.41, 5.74) is 0.295. The Hall–Kier alpha value is -3.28. The van der Waals surface area contributed by atoms with Crippen molar-refractivity contribution in [2.75, 3.05) is 13.2 Å². The van der Waals surface area contributed by atoms with Gasteiger partial charge in [0.05, 0.1) is 28.1 Å². The van der Waals surface area contributed by atoms with Gasteiger partial charge in [0.2, 0.25) is 10.0 Å². The molecule has 1 saturated heterocycles. The fourth-order valence-corrected chi connectivity index (χ4v) is 6.09. The number of aryl methyl sites for hydroxylation is 1. The van der Waals surface area contributed by atoms with Crippen LogP contribution in [0.25, 0.3) is 6.08 Å². The largest absolute Gasteiger partial charge is 0.460 e. The molecule has 0 spiro atoms. The number of ether oxygens (including phenoxy) is 1. The minimum absolute atomic E-state index is 0.0345. The maximum atomic E-state index is 13.6. The van der Waals surface area contributed by atoms with Crippen molar-refractivity contribution in [3.8, 4) is 0 Å². The Morgan fingerprint density at radius 1 is 1.14 bits per heavy atom. The number of esters is 1. The van der Waals surface area contributed by atoms with Gasteiger partial charge in [-0.15, -0.1) is 0 Å². The second kappa shape index (κ2) is 10.8. The maximum Gasteiger partial charge on any atom is 0.338 e. The van der Waals surface area contributed by atoms with Crippen molar-refractivity contribution < 1.29 is 17.9 Å². The molecule has 3 aromatic rings. The smallest absolute Gasteiger partial charge is 0.338 e. The number of hydrogen-bond acceptors (Lipinski definition) is 6. The first-order chi connectivity index (χ1) is 17.2. The molecule has 1 aromatic heterocycles. The number of aromatic amines is 1. The first kappa shape index (κ1) is 25.8. The van der Waals surface area contributed by atoms with E-state index in [0.29, 0.717) is 5.56 Å². The Morgan fingerprint density at radius 3 is 2.50 bits per heavy atom. The Balaban J connectivity index is 1.67. The molecule has 1 N–H and O–H groups in total. The number of aromatic nitrogens is 2. The summed E-state index contributed by atoms with van der Waals surface area (Å²) < 4.78 is 35.2. The van der Waals surface area contributed by atoms with Crippen LogP contribution in [0.5, 0.6) is 0 Å². The van der Waals surface area contributed by atoms with Gasteiger partial charge in [-0.3, -0.25) is 14.3 Å². The standard InChI is InChI=1S/C25H24BrN3O6S/c1-17-7-9-22(10-8-17)36(33,34)29-15-20(28-14-19(11-12-26)23(30)27-25(28)32)13-21(29)16-35-24(31)18-5-3-2-4-6-18/h2-12,14,20-21H,13,15-16H2,1H3,(H,27,30,32)/b12-11+/t20-,21-/m0/s1. The van der Waals surface area contributed by atoms with Gasteiger partial charge < -0.3 is 4.74 Å². The van der Waals surface area contributed by atoms with E-state index < -0.39 is 39.3 Å². The zero-order chi connectivity index (χ0) is 25.9. The minimum atomic E-state index is -3.97. The number of halogens is 1. The molecule has 0 unspecified atom stereocenters. The van der Waals surface area contributed by atoms with E-state index in [4.69, 9.17) is 4.74 Å². The van der Waals surface area contributed by atoms with Crippen molar-refractivity contribution in [1.82, 2.24) is 13.9 Å². The maximum absolute atomic E-state index is 13.6. The third-order valence-corrected chi connectivity index (χ3v) is 8.21. The SMILES string of the molecule is Cc1ccc(S(=O)(=O)N2C[C@@H](n3cc(/C=C/Br)c(=O)[nH]c3=O)C[C@H]2COC(=O)c2ccccc2)cc1. The number of nitrogens with one attached hydrogen (secondary N) is 1. The predicted octanol–water partition coefficient (Wildman–Crippen LogP) is 3.07. The van der Waals surface area contributed by atoms with Crippen molar-refractivity contribution in [3.05, 3.63) is 103 Å². The highest BCUT2D eigenvalue weighted by Gasteiger charge is 2.42. The second-order valence-electron chi connectivity index (χ2n) is 8.44. The van der Waals surface area contributed by atoms with Crippen LogP contribution in [-0.4, -0.2) is 47.4 Å². The van der Waals surface area contributed by atoms with E-state index in [1.165, 1.54) is 38.3 Å². The fraction of sp³-hybridized carbons (Fsp3) is 0.240. The topological polar surface area (TPSA) is 119 Å². The predicted molar refractivity (Wildman–Crippen MR) is 139 cm³/mol. The average Bonchev–Trinajstić information content (AvgIpc) is 3.30. The number of benzene rings is 2. The van der Waals surface area contributed by atoms with Gasteiger partial charge in [-0.25, -0.2) is 18.0 Å². The molecule has 1 fully saturated rings. The molecule has 0 amide bonds. The number of rotatable bonds is 7. The molecule has 2 heterocycles. The first-order valence-corrected chi connectivity index (χ1v) is 13.5. The molecule has 0 radical (unpaired) electrons. The molecule has 36 heavy (non-hydrogen) atoms. The van der Waals surface area contributed by atoms with Gasteiger partial charge in [-0.05, 0) is 48.7 Å². The molecule has 0 aliphatic carbocycles. The molecular formula is C25H24BrN3O6S. The summed E-state index contributed by atoms with van der Waals surface area (Å²) in [7, 11) is -3.97. The Bertz CT molecular complexity index is 1500. The number of H-pyrrole nitrogens is 1. The lowest BCUT2D eigenvalue weighted by Gasteiger charge is -2.23. The van der Waals surface area contributed by atoms with Crippen molar-refractivity contribution in [1.29, 1.82) is 0 Å². The highest BCUT2D eigenvalue weighted by Crippen LogP contribution is 2.32. The summed E-state index contributed by atoms with van der Waals surface area (Å²) in [6.45, 7) is 1.63. The Labute approximate surface area is 216 Å². The average molecular weight is 574 g/mol. The summed E-state index contributed by atoms with van der Waals surface area (Å²) in [6.07, 6.45) is 3.10. The summed E-state index contributed by atoms with van der Waals surface area (Å²) >= 11 is 3.12. The van der Waals surface area contributed by atoms with Crippen LogP contribution in [0.15, 0.2) is 80.3 Å². The van der Waals surface area contributed by atoms with Crippen LogP contribution in [-0.2, 0) is 14.8 Å². The summed E-state index contributed by atoms with van der Waals surface area (Å²) in [6, 6.07) is 13.6. The van der Waals surface area contributed by atoms with Gasteiger partial charge in [0.15, 0.2) is 0 Å². The monoisotopic (exact) mass is 573 g/mol. The number of hydrogen-bond donors (Lipinski definition) is 1. The zero-order valence-electron chi connectivity index (χ0n) is 19.3. The van der Waals surface area contributed by atoms with E-state index in [1.54, 1.807) is 42.5 Å². The molecule has 0 saturated carbocycles. The van der Waals surface area contributed by atoms with Crippen molar-refractivity contribution in [2.45, 2.75) is 30.3 Å². The van der Waals surface area contributed by atoms with Crippen LogP contribution in [0.4, 0.5) is 0 Å². The summed E-state index contributed by atoms with van der Waals surface area (Å²) in [5.74, 6) is -0.572. The molecule has 9 nitrogen and oxygen atoms in total. The van der Waals surface area contributed by atoms with Crippen molar-refractivity contribution in [2.24, 2.45) is 0 Å². The van der Waals surface area contributed by atoms with E-state index in [9.17, 15) is 22.8 Å². The van der Waals surface area contributed by atoms with Gasteiger partial charge in [0.25, 0.3) is 5.56 Å². The van der Waals surface area contributed by atoms with Crippen LogP contribution < -0.4 is 11.2 Å². The number of carbonyl (C=O) groups excluding carboxylic acids is 1. The molecule has 1 aliphatic heterocycles. The third-order valence-electron chi connectivity index (χ3n) is 6.02. The molecule has 2 aromatic carbocycles. The van der Waals surface area contributed by atoms with Gasteiger partial charge in [0, 0.05) is 12.7 Å². The van der Waals surface area contributed by atoms with Gasteiger partial charge in [-0.2, -0.15) is 4.31 Å². The van der Waals surface area contributed by atoms with E-state index >= 15 is 0 Å². The summed E-state index contributed by atoms with van der Waals surface area (Å²) in [4.78, 5) is 41.1. The van der Waals surface area contributed by atoms with E-state index in [-0.39, 0.29) is 30.0 Å². The quantitative estimate of drug-likeness (QED) is 0.434. The molecule has 11 heteroatoms. The fourth-order valence-electron chi connectivity index (χ4n) is 4.14. The lowest BCUT2D eigenvalue weighted by atomic mass is 10.1. The second-order valence-corrected chi connectivity index (χ2v) is 10.9. The highest BCUT2D eigenvalue weighted by molar-refractivity contribution is 9.11. The normalized spacial score (nSPS) is 18.5. The van der Waals surface area contributed by atoms with Crippen LogP contribution in [0, 0.1) is 6.92 Å². The number of carbonyl (C=O) groups is 1. The van der Waals surface area contributed by atoms with Gasteiger partial charge >= 0.3 is 11.7 Å². The third kappa shape index (κ3) is 5.43.